The second-order valence-electron chi connectivity index (χ2n) is 4.02. The van der Waals surface area contributed by atoms with Gasteiger partial charge >= 0.3 is 0 Å². The first kappa shape index (κ1) is 10.0. The summed E-state index contributed by atoms with van der Waals surface area (Å²) >= 11 is 0. The van der Waals surface area contributed by atoms with E-state index in [1.165, 1.54) is 12.8 Å². The molecule has 3 nitrogen and oxygen atoms in total. The van der Waals surface area contributed by atoms with Crippen molar-refractivity contribution in [2.75, 3.05) is 12.8 Å². The zero-order valence-corrected chi connectivity index (χ0v) is 8.82. The Morgan fingerprint density at radius 1 is 1.53 bits per heavy atom. The number of hydrogen-bond acceptors (Lipinski definition) is 3. The van der Waals surface area contributed by atoms with Crippen molar-refractivity contribution in [1.29, 1.82) is 0 Å². The molecule has 0 atom stereocenters. The summed E-state index contributed by atoms with van der Waals surface area (Å²) in [5.41, 5.74) is 6.91. The highest BCUT2D eigenvalue weighted by Gasteiger charge is 2.25. The number of rotatable bonds is 4. The van der Waals surface area contributed by atoms with Gasteiger partial charge in [0.05, 0.1) is 7.11 Å². The van der Waals surface area contributed by atoms with Crippen molar-refractivity contribution in [3.63, 3.8) is 0 Å². The van der Waals surface area contributed by atoms with Gasteiger partial charge in [0.2, 0.25) is 0 Å². The standard InChI is InChI=1S/C12H15NO2/c1-15-9-4-5-11(13)10(7-9)12(14)6-8-2-3-8/h4-5,7-8H,2-3,6,13H2,1H3. The molecular formula is C12H15NO2. The molecule has 15 heavy (non-hydrogen) atoms. The van der Waals surface area contributed by atoms with E-state index in [0.717, 1.165) is 0 Å². The van der Waals surface area contributed by atoms with E-state index in [4.69, 9.17) is 10.5 Å². The predicted molar refractivity (Wildman–Crippen MR) is 59.1 cm³/mol. The van der Waals surface area contributed by atoms with Crippen LogP contribution < -0.4 is 10.5 Å². The van der Waals surface area contributed by atoms with Gasteiger partial charge in [-0.05, 0) is 37.0 Å². The molecule has 0 amide bonds. The zero-order valence-electron chi connectivity index (χ0n) is 8.82. The lowest BCUT2D eigenvalue weighted by Crippen LogP contribution is -2.04. The maximum atomic E-state index is 11.8. The second-order valence-corrected chi connectivity index (χ2v) is 4.02. The van der Waals surface area contributed by atoms with Crippen molar-refractivity contribution in [2.45, 2.75) is 19.3 Å². The summed E-state index contributed by atoms with van der Waals surface area (Å²) in [7, 11) is 1.58. The fourth-order valence-electron chi connectivity index (χ4n) is 1.60. The van der Waals surface area contributed by atoms with E-state index >= 15 is 0 Å². The van der Waals surface area contributed by atoms with E-state index in [2.05, 4.69) is 0 Å². The predicted octanol–water partition coefficient (Wildman–Crippen LogP) is 2.26. The summed E-state index contributed by atoms with van der Waals surface area (Å²) in [4.78, 5) is 11.8. The molecule has 1 aliphatic carbocycles. The number of hydrogen-bond donors (Lipinski definition) is 1. The van der Waals surface area contributed by atoms with Crippen LogP contribution in [0.1, 0.15) is 29.6 Å². The molecule has 1 aliphatic rings. The summed E-state index contributed by atoms with van der Waals surface area (Å²) in [5, 5.41) is 0. The van der Waals surface area contributed by atoms with Crippen LogP contribution in [0.4, 0.5) is 5.69 Å². The molecule has 1 saturated carbocycles. The first-order valence-corrected chi connectivity index (χ1v) is 5.17. The molecule has 1 aromatic rings. The minimum Gasteiger partial charge on any atom is -0.497 e. The third kappa shape index (κ3) is 2.29. The van der Waals surface area contributed by atoms with Crippen molar-refractivity contribution in [2.24, 2.45) is 5.92 Å². The van der Waals surface area contributed by atoms with Crippen molar-refractivity contribution >= 4 is 11.5 Å². The van der Waals surface area contributed by atoms with E-state index in [-0.39, 0.29) is 5.78 Å². The summed E-state index contributed by atoms with van der Waals surface area (Å²) in [6, 6.07) is 5.21. The highest BCUT2D eigenvalue weighted by Crippen LogP contribution is 2.34. The van der Waals surface area contributed by atoms with E-state index in [1.807, 2.05) is 0 Å². The molecule has 0 radical (unpaired) electrons. The number of nitrogens with two attached hydrogens (primary N) is 1. The maximum Gasteiger partial charge on any atom is 0.165 e. The quantitative estimate of drug-likeness (QED) is 0.606. The third-order valence-electron chi connectivity index (χ3n) is 2.73. The third-order valence-corrected chi connectivity index (χ3v) is 2.73. The number of ether oxygens (including phenoxy) is 1. The SMILES string of the molecule is COc1ccc(N)c(C(=O)CC2CC2)c1. The van der Waals surface area contributed by atoms with E-state index in [1.54, 1.807) is 25.3 Å². The number of nitrogen functional groups attached to an aromatic ring is 1. The Morgan fingerprint density at radius 3 is 2.87 bits per heavy atom. The van der Waals surface area contributed by atoms with Crippen LogP contribution in [-0.2, 0) is 0 Å². The molecule has 0 aliphatic heterocycles. The number of carbonyl (C=O) groups is 1. The van der Waals surface area contributed by atoms with Gasteiger partial charge in [0.15, 0.2) is 5.78 Å². The molecule has 2 N–H and O–H groups in total. The van der Waals surface area contributed by atoms with Gasteiger partial charge in [0, 0.05) is 17.7 Å². The van der Waals surface area contributed by atoms with Gasteiger partial charge in [-0.15, -0.1) is 0 Å². The van der Waals surface area contributed by atoms with Crippen LogP contribution in [0.25, 0.3) is 0 Å². The Balaban J connectivity index is 2.20. The molecular weight excluding hydrogens is 190 g/mol. The summed E-state index contributed by atoms with van der Waals surface area (Å²) in [5.74, 6) is 1.40. The van der Waals surface area contributed by atoms with Gasteiger partial charge in [-0.3, -0.25) is 4.79 Å². The van der Waals surface area contributed by atoms with Gasteiger partial charge in [-0.1, -0.05) is 0 Å². The summed E-state index contributed by atoms with van der Waals surface area (Å²) < 4.78 is 5.07. The van der Waals surface area contributed by atoms with Gasteiger partial charge in [0.1, 0.15) is 5.75 Å². The average molecular weight is 205 g/mol. The van der Waals surface area contributed by atoms with Gasteiger partial charge in [-0.25, -0.2) is 0 Å². The summed E-state index contributed by atoms with van der Waals surface area (Å²) in [6.45, 7) is 0. The van der Waals surface area contributed by atoms with Gasteiger partial charge < -0.3 is 10.5 Å². The lowest BCUT2D eigenvalue weighted by molar-refractivity contribution is 0.0976. The average Bonchev–Trinajstić information content (AvgIpc) is 3.02. The molecule has 2 rings (SSSR count). The van der Waals surface area contributed by atoms with Crippen molar-refractivity contribution in [3.05, 3.63) is 23.8 Å². The monoisotopic (exact) mass is 205 g/mol. The first-order valence-electron chi connectivity index (χ1n) is 5.17. The van der Waals surface area contributed by atoms with Crippen LogP contribution in [0.15, 0.2) is 18.2 Å². The normalized spacial score (nSPS) is 15.0. The minimum absolute atomic E-state index is 0.133. The van der Waals surface area contributed by atoms with E-state index in [9.17, 15) is 4.79 Å². The molecule has 0 saturated heterocycles. The van der Waals surface area contributed by atoms with Crippen molar-refractivity contribution in [1.82, 2.24) is 0 Å². The lowest BCUT2D eigenvalue weighted by Gasteiger charge is -2.06. The smallest absolute Gasteiger partial charge is 0.165 e. The Hall–Kier alpha value is -1.51. The fraction of sp³-hybridized carbons (Fsp3) is 0.417. The first-order chi connectivity index (χ1) is 7.20. The molecule has 0 unspecified atom stereocenters. The largest absolute Gasteiger partial charge is 0.497 e. The minimum atomic E-state index is 0.133. The van der Waals surface area contributed by atoms with Crippen LogP contribution in [0.3, 0.4) is 0 Å². The Kier molecular flexibility index (Phi) is 2.62. The zero-order chi connectivity index (χ0) is 10.8. The number of benzene rings is 1. The molecule has 0 aromatic heterocycles. The highest BCUT2D eigenvalue weighted by atomic mass is 16.5. The van der Waals surface area contributed by atoms with Crippen LogP contribution in [0.5, 0.6) is 5.75 Å². The molecule has 0 heterocycles. The molecule has 0 spiro atoms. The van der Waals surface area contributed by atoms with Gasteiger partial charge in [0.25, 0.3) is 0 Å². The fourth-order valence-corrected chi connectivity index (χ4v) is 1.60. The molecule has 3 heteroatoms. The van der Waals surface area contributed by atoms with Crippen molar-refractivity contribution in [3.8, 4) is 5.75 Å². The number of methoxy groups -OCH3 is 1. The van der Waals surface area contributed by atoms with Gasteiger partial charge in [-0.2, -0.15) is 0 Å². The number of anilines is 1. The maximum absolute atomic E-state index is 11.8. The van der Waals surface area contributed by atoms with E-state index in [0.29, 0.717) is 29.3 Å². The van der Waals surface area contributed by atoms with Crippen LogP contribution >= 0.6 is 0 Å². The molecule has 0 bridgehead atoms. The number of carbonyl (C=O) groups excluding carboxylic acids is 1. The Morgan fingerprint density at radius 2 is 2.27 bits per heavy atom. The summed E-state index contributed by atoms with van der Waals surface area (Å²) in [6.07, 6.45) is 2.97. The highest BCUT2D eigenvalue weighted by molar-refractivity contribution is 6.01. The lowest BCUT2D eigenvalue weighted by atomic mass is 10.0. The second kappa shape index (κ2) is 3.93. The van der Waals surface area contributed by atoms with E-state index < -0.39 is 0 Å². The molecule has 1 fully saturated rings. The molecule has 1 aromatic carbocycles. The topological polar surface area (TPSA) is 52.3 Å². The Bertz CT molecular complexity index is 383. The van der Waals surface area contributed by atoms with Crippen LogP contribution in [0, 0.1) is 5.92 Å². The van der Waals surface area contributed by atoms with Crippen molar-refractivity contribution < 1.29 is 9.53 Å². The van der Waals surface area contributed by atoms with Crippen LogP contribution in [-0.4, -0.2) is 12.9 Å². The molecule has 80 valence electrons. The number of ketones is 1. The van der Waals surface area contributed by atoms with Crippen LogP contribution in [0.2, 0.25) is 0 Å². The Labute approximate surface area is 89.2 Å². The number of Topliss-reactive ketones (excluding diaryl/α,β-unsaturated/α-hetero) is 1.